The fourth-order valence-electron chi connectivity index (χ4n) is 4.89. The van der Waals surface area contributed by atoms with E-state index in [9.17, 15) is 23.3 Å². The monoisotopic (exact) mass is 531 g/mol. The zero-order valence-electron chi connectivity index (χ0n) is 20.8. The van der Waals surface area contributed by atoms with Crippen molar-refractivity contribution in [2.45, 2.75) is 44.1 Å². The van der Waals surface area contributed by atoms with Gasteiger partial charge in [-0.25, -0.2) is 0 Å². The average Bonchev–Trinajstić information content (AvgIpc) is 3.36. The molecule has 12 heteroatoms. The van der Waals surface area contributed by atoms with E-state index in [4.69, 9.17) is 9.47 Å². The van der Waals surface area contributed by atoms with Crippen molar-refractivity contribution in [2.75, 3.05) is 36.5 Å². The largest absolute Gasteiger partial charge is 0.490 e. The van der Waals surface area contributed by atoms with Crippen molar-refractivity contribution in [1.82, 2.24) is 9.55 Å². The molecular weight excluding hydrogens is 503 g/mol. The van der Waals surface area contributed by atoms with Crippen LogP contribution in [0.15, 0.2) is 54.7 Å². The third kappa shape index (κ3) is 5.63. The molecule has 2 aliphatic rings. The summed E-state index contributed by atoms with van der Waals surface area (Å²) >= 11 is 0. The average molecular weight is 532 g/mol. The predicted octanol–water partition coefficient (Wildman–Crippen LogP) is 5.15. The lowest BCUT2D eigenvalue weighted by Gasteiger charge is -2.39. The number of fused-ring (bicyclic) bond motifs is 1. The maximum atomic E-state index is 12.9. The molecule has 0 spiro atoms. The number of anilines is 2. The summed E-state index contributed by atoms with van der Waals surface area (Å²) in [6, 6.07) is 13.6. The van der Waals surface area contributed by atoms with Crippen molar-refractivity contribution in [3.8, 4) is 11.8 Å². The van der Waals surface area contributed by atoms with E-state index in [0.717, 1.165) is 49.4 Å². The molecule has 0 N–H and O–H groups in total. The highest BCUT2D eigenvalue weighted by atomic mass is 19.4. The SMILES string of the molecule is CN(c1ccc(C(F)(F)F)cc1)C1CCN(c2ccc(OCC3CCn4cc([N+](=O)[O-])nc4O3)cc2)CC1. The molecule has 5 rings (SSSR count). The quantitative estimate of drug-likeness (QED) is 0.308. The fourth-order valence-corrected chi connectivity index (χ4v) is 4.89. The van der Waals surface area contributed by atoms with Gasteiger partial charge in [-0.15, -0.1) is 0 Å². The van der Waals surface area contributed by atoms with Crippen molar-refractivity contribution in [3.63, 3.8) is 0 Å². The Hall–Kier alpha value is -3.96. The maximum absolute atomic E-state index is 12.9. The second-order valence-electron chi connectivity index (χ2n) is 9.54. The van der Waals surface area contributed by atoms with Crippen LogP contribution < -0.4 is 19.3 Å². The number of aryl methyl sites for hydroxylation is 1. The fraction of sp³-hybridized carbons (Fsp3) is 0.423. The minimum absolute atomic E-state index is 0.229. The van der Waals surface area contributed by atoms with Crippen LogP contribution in [-0.2, 0) is 12.7 Å². The molecule has 38 heavy (non-hydrogen) atoms. The highest BCUT2D eigenvalue weighted by Gasteiger charge is 2.31. The van der Waals surface area contributed by atoms with E-state index >= 15 is 0 Å². The lowest BCUT2D eigenvalue weighted by molar-refractivity contribution is -0.389. The first-order chi connectivity index (χ1) is 18.2. The molecule has 3 heterocycles. The molecule has 1 atom stereocenters. The number of hydrogen-bond acceptors (Lipinski definition) is 7. The van der Waals surface area contributed by atoms with E-state index in [1.165, 1.54) is 18.3 Å². The molecule has 3 aromatic rings. The van der Waals surface area contributed by atoms with Gasteiger partial charge in [0, 0.05) is 55.5 Å². The lowest BCUT2D eigenvalue weighted by atomic mass is 10.0. The minimum Gasteiger partial charge on any atom is -0.490 e. The van der Waals surface area contributed by atoms with E-state index in [-0.39, 0.29) is 24.0 Å². The smallest absolute Gasteiger partial charge is 0.416 e. The predicted molar refractivity (Wildman–Crippen MR) is 135 cm³/mol. The minimum atomic E-state index is -4.33. The number of halogens is 3. The van der Waals surface area contributed by atoms with Crippen LogP contribution in [0.4, 0.5) is 30.4 Å². The molecule has 0 bridgehead atoms. The van der Waals surface area contributed by atoms with Gasteiger partial charge in [0.1, 0.15) is 24.7 Å². The number of nitrogens with zero attached hydrogens (tertiary/aromatic N) is 5. The molecule has 0 aliphatic carbocycles. The van der Waals surface area contributed by atoms with Gasteiger partial charge in [0.2, 0.25) is 0 Å². The summed E-state index contributed by atoms with van der Waals surface area (Å²) in [7, 11) is 1.93. The van der Waals surface area contributed by atoms with Gasteiger partial charge in [-0.2, -0.15) is 13.2 Å². The molecule has 2 aliphatic heterocycles. The van der Waals surface area contributed by atoms with Crippen molar-refractivity contribution >= 4 is 17.2 Å². The Morgan fingerprint density at radius 1 is 1.08 bits per heavy atom. The Balaban J connectivity index is 1.10. The Kier molecular flexibility index (Phi) is 7.04. The van der Waals surface area contributed by atoms with Crippen LogP contribution in [0, 0.1) is 10.1 Å². The van der Waals surface area contributed by atoms with Crippen LogP contribution >= 0.6 is 0 Å². The van der Waals surface area contributed by atoms with E-state index in [1.54, 1.807) is 4.57 Å². The van der Waals surface area contributed by atoms with Gasteiger partial charge >= 0.3 is 18.0 Å². The molecule has 0 saturated carbocycles. The van der Waals surface area contributed by atoms with Crippen molar-refractivity contribution in [2.24, 2.45) is 0 Å². The maximum Gasteiger partial charge on any atom is 0.416 e. The molecule has 0 radical (unpaired) electrons. The van der Waals surface area contributed by atoms with E-state index in [2.05, 4.69) is 14.8 Å². The Morgan fingerprint density at radius 3 is 2.39 bits per heavy atom. The first-order valence-corrected chi connectivity index (χ1v) is 12.4. The van der Waals surface area contributed by atoms with Gasteiger partial charge in [0.25, 0.3) is 0 Å². The summed E-state index contributed by atoms with van der Waals surface area (Å²) in [4.78, 5) is 18.6. The van der Waals surface area contributed by atoms with E-state index < -0.39 is 16.7 Å². The summed E-state index contributed by atoms with van der Waals surface area (Å²) in [5, 5.41) is 10.9. The second kappa shape index (κ2) is 10.4. The molecule has 1 aromatic heterocycles. The summed E-state index contributed by atoms with van der Waals surface area (Å²) in [6.07, 6.45) is -0.756. The van der Waals surface area contributed by atoms with Crippen LogP contribution in [0.3, 0.4) is 0 Å². The number of ether oxygens (including phenoxy) is 2. The summed E-state index contributed by atoms with van der Waals surface area (Å²) in [6.45, 7) is 2.56. The molecule has 1 unspecified atom stereocenters. The number of imidazole rings is 1. The summed E-state index contributed by atoms with van der Waals surface area (Å²) in [5.41, 5.74) is 1.22. The van der Waals surface area contributed by atoms with Crippen molar-refractivity contribution in [1.29, 1.82) is 0 Å². The summed E-state index contributed by atoms with van der Waals surface area (Å²) < 4.78 is 51.8. The molecule has 2 aromatic carbocycles. The zero-order chi connectivity index (χ0) is 26.9. The second-order valence-corrected chi connectivity index (χ2v) is 9.54. The van der Waals surface area contributed by atoms with Crippen molar-refractivity contribution in [3.05, 3.63) is 70.4 Å². The number of nitro groups is 1. The standard InChI is InChI=1S/C26H28F3N5O4/c1-31(19-4-2-18(3-5-19)26(27,28)29)20-10-13-32(14-11-20)21-6-8-22(9-7-21)37-17-23-12-15-33-16-24(34(35)36)30-25(33)38-23/h2-9,16,20,23H,10-15,17H2,1H3. The first kappa shape index (κ1) is 25.7. The normalized spacial score (nSPS) is 18.0. The van der Waals surface area contributed by atoms with Crippen LogP contribution in [-0.4, -0.2) is 53.4 Å². The third-order valence-electron chi connectivity index (χ3n) is 7.13. The summed E-state index contributed by atoms with van der Waals surface area (Å²) in [5.74, 6) is 0.474. The van der Waals surface area contributed by atoms with Gasteiger partial charge in [-0.3, -0.25) is 4.57 Å². The number of hydrogen-bond donors (Lipinski definition) is 0. The number of alkyl halides is 3. The Morgan fingerprint density at radius 2 is 1.76 bits per heavy atom. The number of piperidine rings is 1. The number of aromatic nitrogens is 2. The van der Waals surface area contributed by atoms with Gasteiger partial charge in [0.05, 0.1) is 5.56 Å². The van der Waals surface area contributed by atoms with Gasteiger partial charge in [-0.1, -0.05) is 0 Å². The lowest BCUT2D eigenvalue weighted by Crippen LogP contribution is -2.43. The Labute approximate surface area is 217 Å². The highest BCUT2D eigenvalue weighted by Crippen LogP contribution is 2.32. The first-order valence-electron chi connectivity index (χ1n) is 12.4. The van der Waals surface area contributed by atoms with Crippen LogP contribution in [0.25, 0.3) is 0 Å². The molecule has 1 saturated heterocycles. The zero-order valence-corrected chi connectivity index (χ0v) is 20.8. The van der Waals surface area contributed by atoms with Crippen LogP contribution in [0.2, 0.25) is 0 Å². The Bertz CT molecular complexity index is 1260. The molecular formula is C26H28F3N5O4. The molecule has 1 fully saturated rings. The number of rotatable bonds is 7. The van der Waals surface area contributed by atoms with Crippen LogP contribution in [0.5, 0.6) is 11.8 Å². The topological polar surface area (TPSA) is 85.9 Å². The van der Waals surface area contributed by atoms with E-state index in [0.29, 0.717) is 25.3 Å². The number of benzene rings is 2. The highest BCUT2D eigenvalue weighted by molar-refractivity contribution is 5.51. The van der Waals surface area contributed by atoms with Gasteiger partial charge < -0.3 is 29.4 Å². The van der Waals surface area contributed by atoms with E-state index in [1.807, 2.05) is 31.3 Å². The van der Waals surface area contributed by atoms with Gasteiger partial charge in [-0.05, 0) is 66.3 Å². The van der Waals surface area contributed by atoms with Crippen molar-refractivity contribution < 1.29 is 27.6 Å². The molecule has 0 amide bonds. The van der Waals surface area contributed by atoms with Gasteiger partial charge in [0.15, 0.2) is 0 Å². The molecule has 202 valence electrons. The van der Waals surface area contributed by atoms with Crippen LogP contribution in [0.1, 0.15) is 24.8 Å². The third-order valence-corrected chi connectivity index (χ3v) is 7.13. The molecule has 9 nitrogen and oxygen atoms in total.